The molecule has 0 amide bonds. The molecule has 0 saturated carbocycles. The smallest absolute Gasteiger partial charge is 0.309 e. The van der Waals surface area contributed by atoms with Crippen molar-refractivity contribution in [1.29, 1.82) is 0 Å². The van der Waals surface area contributed by atoms with Crippen LogP contribution in [0.25, 0.3) is 0 Å². The van der Waals surface area contributed by atoms with Gasteiger partial charge in [-0.3, -0.25) is 19.2 Å². The van der Waals surface area contributed by atoms with Gasteiger partial charge >= 0.3 is 23.9 Å². The van der Waals surface area contributed by atoms with Gasteiger partial charge in [-0.2, -0.15) is 0 Å². The highest BCUT2D eigenvalue weighted by molar-refractivity contribution is 5.73. The van der Waals surface area contributed by atoms with Gasteiger partial charge in [0.15, 0.2) is 0 Å². The van der Waals surface area contributed by atoms with E-state index in [-0.39, 0.29) is 100 Å². The number of benzene rings is 4. The van der Waals surface area contributed by atoms with Crippen LogP contribution in [0, 0.1) is 23.7 Å². The number of hydrogen-bond donors (Lipinski definition) is 4. The molecule has 8 unspecified atom stereocenters. The maximum Gasteiger partial charge on any atom is 0.309 e. The average Bonchev–Trinajstić information content (AvgIpc) is 0.777. The molecule has 0 heterocycles. The first-order valence-corrected chi connectivity index (χ1v) is 51.9. The third-order valence-electron chi connectivity index (χ3n) is 25.3. The molecule has 8 atom stereocenters. The van der Waals surface area contributed by atoms with E-state index in [1.54, 1.807) is 0 Å². The van der Waals surface area contributed by atoms with E-state index >= 15 is 0 Å². The zero-order valence-electron chi connectivity index (χ0n) is 81.0. The van der Waals surface area contributed by atoms with Gasteiger partial charge in [-0.1, -0.05) is 412 Å². The minimum absolute atomic E-state index is 0.0961. The van der Waals surface area contributed by atoms with Crippen molar-refractivity contribution in [2.75, 3.05) is 52.9 Å². The van der Waals surface area contributed by atoms with Crippen LogP contribution in [-0.4, -0.2) is 122 Å². The molecule has 0 aromatic heterocycles. The van der Waals surface area contributed by atoms with Crippen molar-refractivity contribution in [3.8, 4) is 23.0 Å². The van der Waals surface area contributed by atoms with E-state index in [9.17, 15) is 39.6 Å². The van der Waals surface area contributed by atoms with Gasteiger partial charge in [-0.05, 0) is 122 Å². The first-order valence-electron chi connectivity index (χ1n) is 51.9. The van der Waals surface area contributed by atoms with Gasteiger partial charge in [-0.15, -0.1) is 0 Å². The van der Waals surface area contributed by atoms with Crippen LogP contribution >= 0.6 is 0 Å². The second-order valence-corrected chi connectivity index (χ2v) is 36.9. The molecule has 4 N–H and O–H groups in total. The SMILES string of the molecule is CCCCCCCCCC(CCCCCCC)C(=O)OCC(O)COc1ccc(C(c2ccc(OCC(O)COC(=O)C(CCCCCCC)CCCCCCCCC)cc2)C(c2ccc(OCC(O)COC(=O)C(CCCCCCC)CCCCCCCCC)cc2)c2ccc(OCC(O)COC(=O)C(CCCCCCC)CCCCCCCCC)cc2)cc1. The Morgan fingerprint density at radius 2 is 0.333 bits per heavy atom. The van der Waals surface area contributed by atoms with Crippen molar-refractivity contribution >= 4 is 23.9 Å². The second-order valence-electron chi connectivity index (χ2n) is 36.9. The topological polar surface area (TPSA) is 223 Å². The Hall–Kier alpha value is -6.20. The van der Waals surface area contributed by atoms with Crippen LogP contribution in [0.15, 0.2) is 97.1 Å². The number of carbonyl (C=O) groups is 4. The molecular weight excluding hydrogens is 1580 g/mol. The Morgan fingerprint density at radius 1 is 0.198 bits per heavy atom. The summed E-state index contributed by atoms with van der Waals surface area (Å²) < 4.78 is 48.6. The standard InChI is InChI=1S/C110H182O16/c1-9-17-25-33-37-45-53-61-93(57-49-41-29-21-13-5)107(115)123-85-97(111)81-119-101-73-65-89(66-74-101)105(90-67-75-102(76-68-90)120-82-98(112)86-124-108(116)94(58-50-42-30-22-14-6)62-54-46-38-34-26-18-10-2)106(91-69-77-103(78-70-91)121-83-99(113)87-125-109(117)95(59-51-43-31-23-15-7)63-55-47-39-35-27-19-11-3)92-71-79-104(80-72-92)122-84-100(114)88-126-110(118)96(60-52-44-32-24-16-8)64-56-48-40-36-28-20-12-4/h65-80,93-100,105-106,111-114H,9-64,81-88H2,1-8H3. The van der Waals surface area contributed by atoms with Crippen LogP contribution in [-0.2, 0) is 38.1 Å². The molecule has 4 aromatic rings. The molecule has 4 rings (SSSR count). The molecular formula is C110H182O16. The van der Waals surface area contributed by atoms with Gasteiger partial charge in [0.25, 0.3) is 0 Å². The summed E-state index contributed by atoms with van der Waals surface area (Å²) in [6.45, 7) is 16.7. The highest BCUT2D eigenvalue weighted by Gasteiger charge is 2.31. The van der Waals surface area contributed by atoms with E-state index < -0.39 is 36.3 Å². The third-order valence-corrected chi connectivity index (χ3v) is 25.3. The van der Waals surface area contributed by atoms with Crippen molar-refractivity contribution in [3.05, 3.63) is 119 Å². The summed E-state index contributed by atoms with van der Waals surface area (Å²) in [6, 6.07) is 31.3. The molecule has 0 saturated heterocycles. The number of hydrogen-bond acceptors (Lipinski definition) is 16. The van der Waals surface area contributed by atoms with Crippen LogP contribution in [0.4, 0.5) is 0 Å². The number of rotatable bonds is 85. The van der Waals surface area contributed by atoms with Gasteiger partial charge in [0.2, 0.25) is 0 Å². The summed E-state index contributed by atoms with van der Waals surface area (Å²) in [5.41, 5.74) is 3.66. The Balaban J connectivity index is 1.70. The fourth-order valence-electron chi connectivity index (χ4n) is 17.3. The predicted octanol–water partition coefficient (Wildman–Crippen LogP) is 28.3. The number of ether oxygens (including phenoxy) is 8. The van der Waals surface area contributed by atoms with E-state index in [4.69, 9.17) is 37.9 Å². The first-order chi connectivity index (χ1) is 61.6. The van der Waals surface area contributed by atoms with E-state index in [2.05, 4.69) is 55.4 Å². The minimum Gasteiger partial charge on any atom is -0.491 e. The average molecular weight is 1760 g/mol. The molecule has 126 heavy (non-hydrogen) atoms. The van der Waals surface area contributed by atoms with Crippen molar-refractivity contribution in [2.45, 2.75) is 451 Å². The van der Waals surface area contributed by atoms with E-state index in [0.717, 1.165) is 228 Å². The Labute approximate surface area is 767 Å². The first kappa shape index (κ1) is 112. The van der Waals surface area contributed by atoms with Crippen molar-refractivity contribution < 1.29 is 77.5 Å². The molecule has 0 aliphatic rings. The Kier molecular flexibility index (Phi) is 67.2. The molecule has 0 aliphatic heterocycles. The number of carbonyl (C=O) groups excluding carboxylic acids is 4. The lowest BCUT2D eigenvalue weighted by atomic mass is 9.73. The van der Waals surface area contributed by atoms with Gasteiger partial charge in [0, 0.05) is 11.8 Å². The van der Waals surface area contributed by atoms with Gasteiger partial charge in [-0.25, -0.2) is 0 Å². The van der Waals surface area contributed by atoms with E-state index in [1.165, 1.54) is 154 Å². The molecule has 0 fully saturated rings. The van der Waals surface area contributed by atoms with Crippen LogP contribution in [0.2, 0.25) is 0 Å². The quantitative estimate of drug-likeness (QED) is 0.0183. The maximum atomic E-state index is 13.7. The zero-order valence-corrected chi connectivity index (χ0v) is 81.0. The summed E-state index contributed by atoms with van der Waals surface area (Å²) in [6.07, 6.45) is 57.1. The molecule has 0 spiro atoms. The fourth-order valence-corrected chi connectivity index (χ4v) is 17.3. The van der Waals surface area contributed by atoms with Gasteiger partial charge in [0.05, 0.1) is 23.7 Å². The summed E-state index contributed by atoms with van der Waals surface area (Å²) in [7, 11) is 0. The largest absolute Gasteiger partial charge is 0.491 e. The zero-order chi connectivity index (χ0) is 90.9. The van der Waals surface area contributed by atoms with Crippen molar-refractivity contribution in [3.63, 3.8) is 0 Å². The lowest BCUT2D eigenvalue weighted by molar-refractivity contribution is -0.153. The second kappa shape index (κ2) is 75.5. The minimum atomic E-state index is -1.06. The summed E-state index contributed by atoms with van der Waals surface area (Å²) >= 11 is 0. The number of aliphatic hydroxyl groups excluding tert-OH is 4. The van der Waals surface area contributed by atoms with Crippen LogP contribution < -0.4 is 18.9 Å². The van der Waals surface area contributed by atoms with Crippen molar-refractivity contribution in [1.82, 2.24) is 0 Å². The molecule has 0 radical (unpaired) electrons. The fraction of sp³-hybridized carbons (Fsp3) is 0.745. The van der Waals surface area contributed by atoms with Gasteiger partial charge < -0.3 is 58.3 Å². The molecule has 16 heteroatoms. The summed E-state index contributed by atoms with van der Waals surface area (Å²) in [5, 5.41) is 45.4. The number of unbranched alkanes of at least 4 members (excludes halogenated alkanes) is 40. The van der Waals surface area contributed by atoms with E-state index in [0.29, 0.717) is 23.0 Å². The molecule has 16 nitrogen and oxygen atoms in total. The van der Waals surface area contributed by atoms with Gasteiger partial charge in [0.1, 0.15) is 100 Å². The normalized spacial score (nSPS) is 14.0. The Morgan fingerprint density at radius 3 is 0.476 bits per heavy atom. The highest BCUT2D eigenvalue weighted by atomic mass is 16.6. The van der Waals surface area contributed by atoms with E-state index in [1.807, 2.05) is 97.1 Å². The Bertz CT molecular complexity index is 2790. The monoisotopic (exact) mass is 1760 g/mol. The van der Waals surface area contributed by atoms with Crippen LogP contribution in [0.1, 0.15) is 449 Å². The summed E-state index contributed by atoms with van der Waals surface area (Å²) in [5.74, 6) is -0.539. The number of esters is 4. The van der Waals surface area contributed by atoms with Crippen LogP contribution in [0.5, 0.6) is 23.0 Å². The van der Waals surface area contributed by atoms with Crippen LogP contribution in [0.3, 0.4) is 0 Å². The lowest BCUT2D eigenvalue weighted by Crippen LogP contribution is -2.28. The molecule has 0 bridgehead atoms. The molecule has 0 aliphatic carbocycles. The summed E-state index contributed by atoms with van der Waals surface area (Å²) in [4.78, 5) is 55.0. The van der Waals surface area contributed by atoms with Crippen molar-refractivity contribution in [2.24, 2.45) is 23.7 Å². The maximum absolute atomic E-state index is 13.7. The number of aliphatic hydroxyl groups is 4. The third kappa shape index (κ3) is 53.2. The predicted molar refractivity (Wildman–Crippen MR) is 517 cm³/mol. The highest BCUT2D eigenvalue weighted by Crippen LogP contribution is 2.45. The lowest BCUT2D eigenvalue weighted by Gasteiger charge is -2.30. The molecule has 718 valence electrons. The molecule has 4 aromatic carbocycles.